The molecule has 3 unspecified atom stereocenters. The summed E-state index contributed by atoms with van der Waals surface area (Å²) >= 11 is 0. The number of ether oxygens (including phenoxy) is 1. The highest BCUT2D eigenvalue weighted by molar-refractivity contribution is 5.92. The Bertz CT molecular complexity index is 891. The van der Waals surface area contributed by atoms with E-state index < -0.39 is 23.8 Å². The van der Waals surface area contributed by atoms with Crippen LogP contribution in [-0.4, -0.2) is 47.0 Å². The smallest absolute Gasteiger partial charge is 0.408 e. The average Bonchev–Trinajstić information content (AvgIpc) is 2.76. The van der Waals surface area contributed by atoms with E-state index in [0.29, 0.717) is 13.0 Å². The Kier molecular flexibility index (Phi) is 13.2. The summed E-state index contributed by atoms with van der Waals surface area (Å²) in [5.41, 5.74) is 2.17. The molecule has 0 bridgehead atoms. The third-order valence-corrected chi connectivity index (χ3v) is 6.34. The van der Waals surface area contributed by atoms with Crippen molar-refractivity contribution in [2.24, 2.45) is 5.92 Å². The molecule has 0 saturated heterocycles. The molecule has 0 spiro atoms. The van der Waals surface area contributed by atoms with Crippen LogP contribution in [0.1, 0.15) is 110 Å². The van der Waals surface area contributed by atoms with Crippen LogP contribution in [0, 0.1) is 19.8 Å². The topological polar surface area (TPSA) is 87.7 Å². The second-order valence-corrected chi connectivity index (χ2v) is 11.6. The van der Waals surface area contributed by atoms with Gasteiger partial charge < -0.3 is 20.3 Å². The predicted octanol–water partition coefficient (Wildman–Crippen LogP) is 6.22. The van der Waals surface area contributed by atoms with Gasteiger partial charge in [0.2, 0.25) is 11.8 Å². The van der Waals surface area contributed by atoms with Crippen LogP contribution >= 0.6 is 0 Å². The summed E-state index contributed by atoms with van der Waals surface area (Å²) in [6, 6.07) is 4.26. The molecule has 2 N–H and O–H groups in total. The standard InChI is InChI=1S/C30H51N3O4/c1-11-13-18-33(28(35)25(19-20(3)4)32-29(36)37-30(8,9)10)26(27(34)31-22(6)15-12-2)24-17-14-16-21(5)23(24)7/h14,16-17,20,22,25-26H,11-13,15,18-19H2,1-10H3,(H,31,34)(H,32,36). The highest BCUT2D eigenvalue weighted by Crippen LogP contribution is 2.28. The van der Waals surface area contributed by atoms with Crippen molar-refractivity contribution in [3.8, 4) is 0 Å². The van der Waals surface area contributed by atoms with Gasteiger partial charge in [0.15, 0.2) is 0 Å². The lowest BCUT2D eigenvalue weighted by Gasteiger charge is -2.36. The molecule has 3 amide bonds. The summed E-state index contributed by atoms with van der Waals surface area (Å²) in [6.07, 6.45) is 3.21. The van der Waals surface area contributed by atoms with Crippen molar-refractivity contribution in [2.45, 2.75) is 125 Å². The largest absolute Gasteiger partial charge is 0.444 e. The maximum atomic E-state index is 14.2. The molecule has 3 atom stereocenters. The van der Waals surface area contributed by atoms with E-state index in [4.69, 9.17) is 4.74 Å². The number of unbranched alkanes of at least 4 members (excludes halogenated alkanes) is 1. The fourth-order valence-corrected chi connectivity index (χ4v) is 4.39. The molecule has 1 aromatic rings. The number of carbonyl (C=O) groups excluding carboxylic acids is 3. The number of carbonyl (C=O) groups is 3. The summed E-state index contributed by atoms with van der Waals surface area (Å²) in [5, 5.41) is 5.95. The predicted molar refractivity (Wildman–Crippen MR) is 150 cm³/mol. The Morgan fingerprint density at radius 3 is 2.19 bits per heavy atom. The molecule has 210 valence electrons. The molecule has 0 radical (unpaired) electrons. The van der Waals surface area contributed by atoms with Crippen LogP contribution in [-0.2, 0) is 14.3 Å². The summed E-state index contributed by atoms with van der Waals surface area (Å²) in [4.78, 5) is 42.4. The zero-order valence-electron chi connectivity index (χ0n) is 24.9. The van der Waals surface area contributed by atoms with Crippen molar-refractivity contribution in [1.82, 2.24) is 15.5 Å². The summed E-state index contributed by atoms with van der Waals surface area (Å²) in [7, 11) is 0. The van der Waals surface area contributed by atoms with Crippen LogP contribution in [0.5, 0.6) is 0 Å². The quantitative estimate of drug-likeness (QED) is 0.325. The van der Waals surface area contributed by atoms with Gasteiger partial charge in [0, 0.05) is 12.6 Å². The summed E-state index contributed by atoms with van der Waals surface area (Å²) in [5.74, 6) is -0.314. The number of rotatable bonds is 13. The van der Waals surface area contributed by atoms with Crippen molar-refractivity contribution >= 4 is 17.9 Å². The monoisotopic (exact) mass is 517 g/mol. The van der Waals surface area contributed by atoms with E-state index >= 15 is 0 Å². The molecular formula is C30H51N3O4. The number of amides is 3. The number of nitrogens with one attached hydrogen (secondary N) is 2. The van der Waals surface area contributed by atoms with Gasteiger partial charge in [0.25, 0.3) is 0 Å². The third-order valence-electron chi connectivity index (χ3n) is 6.34. The van der Waals surface area contributed by atoms with Gasteiger partial charge in [-0.05, 0) is 83.4 Å². The molecule has 7 nitrogen and oxygen atoms in total. The Morgan fingerprint density at radius 1 is 1.00 bits per heavy atom. The zero-order valence-corrected chi connectivity index (χ0v) is 24.9. The first-order valence-electron chi connectivity index (χ1n) is 13.9. The van der Waals surface area contributed by atoms with Crippen LogP contribution in [0.2, 0.25) is 0 Å². The van der Waals surface area contributed by atoms with Gasteiger partial charge in [-0.1, -0.05) is 58.7 Å². The summed E-state index contributed by atoms with van der Waals surface area (Å²) < 4.78 is 5.47. The Morgan fingerprint density at radius 2 is 1.65 bits per heavy atom. The van der Waals surface area contributed by atoms with Gasteiger partial charge in [-0.25, -0.2) is 4.79 Å². The van der Waals surface area contributed by atoms with Crippen LogP contribution in [0.15, 0.2) is 18.2 Å². The van der Waals surface area contributed by atoms with Gasteiger partial charge in [-0.15, -0.1) is 0 Å². The maximum Gasteiger partial charge on any atom is 0.408 e. The van der Waals surface area contributed by atoms with Gasteiger partial charge >= 0.3 is 6.09 Å². The molecule has 0 heterocycles. The SMILES string of the molecule is CCCCN(C(=O)C(CC(C)C)NC(=O)OC(C)(C)C)C(C(=O)NC(C)CCC)c1cccc(C)c1C. The number of hydrogen-bond acceptors (Lipinski definition) is 4. The minimum absolute atomic E-state index is 0.0143. The first kappa shape index (κ1) is 32.5. The van der Waals surface area contributed by atoms with Crippen molar-refractivity contribution in [3.05, 3.63) is 34.9 Å². The van der Waals surface area contributed by atoms with Crippen LogP contribution < -0.4 is 10.6 Å². The molecule has 0 aliphatic heterocycles. The van der Waals surface area contributed by atoms with E-state index in [0.717, 1.165) is 42.4 Å². The van der Waals surface area contributed by atoms with Crippen molar-refractivity contribution in [1.29, 1.82) is 0 Å². The van der Waals surface area contributed by atoms with Crippen molar-refractivity contribution < 1.29 is 19.1 Å². The molecule has 7 heteroatoms. The molecule has 0 aromatic heterocycles. The maximum absolute atomic E-state index is 14.2. The van der Waals surface area contributed by atoms with Crippen molar-refractivity contribution in [3.63, 3.8) is 0 Å². The molecule has 0 aliphatic carbocycles. The minimum Gasteiger partial charge on any atom is -0.444 e. The molecular weight excluding hydrogens is 466 g/mol. The van der Waals surface area contributed by atoms with Gasteiger partial charge in [0.05, 0.1) is 0 Å². The molecule has 37 heavy (non-hydrogen) atoms. The van der Waals surface area contributed by atoms with E-state index in [2.05, 4.69) is 24.5 Å². The number of alkyl carbamates (subject to hydrolysis) is 1. The first-order chi connectivity index (χ1) is 17.2. The number of aryl methyl sites for hydroxylation is 1. The van der Waals surface area contributed by atoms with Crippen LogP contribution in [0.25, 0.3) is 0 Å². The second-order valence-electron chi connectivity index (χ2n) is 11.6. The Hall–Kier alpha value is -2.57. The molecule has 0 fully saturated rings. The highest BCUT2D eigenvalue weighted by Gasteiger charge is 2.37. The number of nitrogens with zero attached hydrogens (tertiary/aromatic N) is 1. The van der Waals surface area contributed by atoms with Crippen LogP contribution in [0.3, 0.4) is 0 Å². The zero-order chi connectivity index (χ0) is 28.3. The molecule has 0 saturated carbocycles. The van der Waals surface area contributed by atoms with Gasteiger partial charge in [0.1, 0.15) is 17.7 Å². The Labute approximate surface area is 225 Å². The van der Waals surface area contributed by atoms with E-state index in [1.165, 1.54) is 0 Å². The lowest BCUT2D eigenvalue weighted by atomic mass is 9.93. The lowest BCUT2D eigenvalue weighted by molar-refractivity contribution is -0.143. The fourth-order valence-electron chi connectivity index (χ4n) is 4.39. The average molecular weight is 518 g/mol. The van der Waals surface area contributed by atoms with E-state index in [9.17, 15) is 14.4 Å². The first-order valence-corrected chi connectivity index (χ1v) is 13.9. The van der Waals surface area contributed by atoms with Crippen molar-refractivity contribution in [2.75, 3.05) is 6.54 Å². The molecule has 1 aromatic carbocycles. The normalized spacial score (nSPS) is 14.0. The Balaban J connectivity index is 3.56. The van der Waals surface area contributed by atoms with Crippen LogP contribution in [0.4, 0.5) is 4.79 Å². The summed E-state index contributed by atoms with van der Waals surface area (Å²) in [6.45, 7) is 19.9. The highest BCUT2D eigenvalue weighted by atomic mass is 16.6. The second kappa shape index (κ2) is 15.0. The van der Waals surface area contributed by atoms with E-state index in [1.54, 1.807) is 25.7 Å². The minimum atomic E-state index is -0.805. The van der Waals surface area contributed by atoms with Gasteiger partial charge in [-0.3, -0.25) is 9.59 Å². The van der Waals surface area contributed by atoms with E-state index in [1.807, 2.05) is 52.8 Å². The lowest BCUT2D eigenvalue weighted by Crippen LogP contribution is -2.54. The molecule has 1 rings (SSSR count). The van der Waals surface area contributed by atoms with Gasteiger partial charge in [-0.2, -0.15) is 0 Å². The molecule has 0 aliphatic rings. The third kappa shape index (κ3) is 10.7. The number of hydrogen-bond donors (Lipinski definition) is 2. The fraction of sp³-hybridized carbons (Fsp3) is 0.700. The van der Waals surface area contributed by atoms with E-state index in [-0.39, 0.29) is 23.8 Å². The number of benzene rings is 1.